The molecular weight excluding hydrogens is 221 g/mol. The van der Waals surface area contributed by atoms with Crippen molar-refractivity contribution in [3.63, 3.8) is 0 Å². The first-order valence-corrected chi connectivity index (χ1v) is 5.69. The van der Waals surface area contributed by atoms with Crippen molar-refractivity contribution < 1.29 is 9.18 Å². The average Bonchev–Trinajstić information content (AvgIpc) is 2.34. The molecule has 1 N–H and O–H groups in total. The lowest BCUT2D eigenvalue weighted by Gasteiger charge is -2.18. The molecule has 1 heterocycles. The number of amides is 1. The highest BCUT2D eigenvalue weighted by Gasteiger charge is 2.16. The number of unbranched alkanes of at least 4 members (excludes halogenated alkanes) is 1. The molecule has 0 bridgehead atoms. The number of anilines is 1. The molecule has 0 saturated carbocycles. The maximum atomic E-state index is 13.1. The molecule has 0 aliphatic heterocycles. The number of nitrogens with zero attached hydrogens (tertiary/aromatic N) is 2. The summed E-state index contributed by atoms with van der Waals surface area (Å²) in [7, 11) is 3.37. The number of rotatable bonds is 5. The van der Waals surface area contributed by atoms with E-state index in [0.717, 1.165) is 19.0 Å². The van der Waals surface area contributed by atoms with Gasteiger partial charge in [0.15, 0.2) is 0 Å². The van der Waals surface area contributed by atoms with Crippen molar-refractivity contribution in [2.24, 2.45) is 0 Å². The van der Waals surface area contributed by atoms with Crippen molar-refractivity contribution in [3.8, 4) is 0 Å². The molecule has 1 aromatic heterocycles. The zero-order valence-electron chi connectivity index (χ0n) is 10.5. The monoisotopic (exact) mass is 239 g/mol. The molecule has 1 aromatic rings. The normalized spacial score (nSPS) is 10.1. The van der Waals surface area contributed by atoms with Gasteiger partial charge in [-0.05, 0) is 12.5 Å². The molecule has 0 aliphatic rings. The summed E-state index contributed by atoms with van der Waals surface area (Å²) in [6.45, 7) is 2.72. The van der Waals surface area contributed by atoms with Crippen molar-refractivity contribution in [3.05, 3.63) is 23.6 Å². The lowest BCUT2D eigenvalue weighted by molar-refractivity contribution is 0.0793. The van der Waals surface area contributed by atoms with Crippen LogP contribution in [0, 0.1) is 5.82 Å². The van der Waals surface area contributed by atoms with E-state index in [1.54, 1.807) is 19.0 Å². The van der Waals surface area contributed by atoms with E-state index in [1.165, 1.54) is 6.07 Å². The predicted octanol–water partition coefficient (Wildman–Crippen LogP) is 2.13. The van der Waals surface area contributed by atoms with Crippen LogP contribution in [0.3, 0.4) is 0 Å². The Bertz CT molecular complexity index is 395. The van der Waals surface area contributed by atoms with E-state index in [0.29, 0.717) is 12.4 Å². The second-order valence-corrected chi connectivity index (χ2v) is 3.88. The largest absolute Gasteiger partial charge is 0.372 e. The van der Waals surface area contributed by atoms with Gasteiger partial charge >= 0.3 is 0 Å². The minimum Gasteiger partial charge on any atom is -0.372 e. The molecule has 0 aromatic carbocycles. The Morgan fingerprint density at radius 3 is 2.88 bits per heavy atom. The number of halogens is 1. The molecule has 0 fully saturated rings. The van der Waals surface area contributed by atoms with Crippen molar-refractivity contribution in [2.75, 3.05) is 26.0 Å². The molecule has 4 nitrogen and oxygen atoms in total. The van der Waals surface area contributed by atoms with Gasteiger partial charge in [-0.2, -0.15) is 0 Å². The van der Waals surface area contributed by atoms with E-state index >= 15 is 0 Å². The van der Waals surface area contributed by atoms with Gasteiger partial charge in [0.1, 0.15) is 11.6 Å². The second-order valence-electron chi connectivity index (χ2n) is 3.88. The third kappa shape index (κ3) is 3.41. The lowest BCUT2D eigenvalue weighted by atomic mass is 10.2. The molecule has 5 heteroatoms. The molecule has 1 rings (SSSR count). The van der Waals surface area contributed by atoms with E-state index in [4.69, 9.17) is 0 Å². The van der Waals surface area contributed by atoms with Crippen LogP contribution >= 0.6 is 0 Å². The summed E-state index contributed by atoms with van der Waals surface area (Å²) in [6, 6.07) is 1.21. The van der Waals surface area contributed by atoms with Crippen LogP contribution in [0.25, 0.3) is 0 Å². The highest BCUT2D eigenvalue weighted by molar-refractivity contribution is 5.98. The van der Waals surface area contributed by atoms with Crippen LogP contribution in [0.4, 0.5) is 10.2 Å². The number of nitrogens with one attached hydrogen (secondary N) is 1. The summed E-state index contributed by atoms with van der Waals surface area (Å²) in [5.74, 6) is -0.314. The Labute approximate surface area is 101 Å². The Hall–Kier alpha value is -1.65. The van der Waals surface area contributed by atoms with E-state index in [9.17, 15) is 9.18 Å². The van der Waals surface area contributed by atoms with Crippen LogP contribution in [0.5, 0.6) is 0 Å². The van der Waals surface area contributed by atoms with Gasteiger partial charge in [0.05, 0.1) is 11.8 Å². The van der Waals surface area contributed by atoms with Crippen LogP contribution in [-0.2, 0) is 0 Å². The summed E-state index contributed by atoms with van der Waals surface area (Å²) < 4.78 is 13.1. The third-order valence-electron chi connectivity index (χ3n) is 2.52. The van der Waals surface area contributed by atoms with Crippen molar-refractivity contribution in [1.29, 1.82) is 0 Å². The standard InChI is InChI=1S/C12H18FN3O/c1-4-5-6-16(3)12(17)10-7-9(13)8-15-11(10)14-2/h7-8H,4-6H2,1-3H3,(H,14,15). The summed E-state index contributed by atoms with van der Waals surface area (Å²) in [5, 5.41) is 2.79. The fourth-order valence-electron chi connectivity index (χ4n) is 1.50. The van der Waals surface area contributed by atoms with Crippen LogP contribution in [0.2, 0.25) is 0 Å². The topological polar surface area (TPSA) is 45.2 Å². The average molecular weight is 239 g/mol. The van der Waals surface area contributed by atoms with Gasteiger partial charge in [-0.15, -0.1) is 0 Å². The van der Waals surface area contributed by atoms with E-state index in [-0.39, 0.29) is 11.5 Å². The first kappa shape index (κ1) is 13.4. The van der Waals surface area contributed by atoms with E-state index in [1.807, 2.05) is 0 Å². The Morgan fingerprint density at radius 2 is 2.29 bits per heavy atom. The van der Waals surface area contributed by atoms with Gasteiger partial charge in [0.2, 0.25) is 0 Å². The van der Waals surface area contributed by atoms with Crippen molar-refractivity contribution in [1.82, 2.24) is 9.88 Å². The van der Waals surface area contributed by atoms with Crippen molar-refractivity contribution >= 4 is 11.7 Å². The summed E-state index contributed by atoms with van der Waals surface area (Å²) >= 11 is 0. The second kappa shape index (κ2) is 6.18. The Kier molecular flexibility index (Phi) is 4.87. The molecule has 0 aliphatic carbocycles. The molecule has 0 atom stereocenters. The fourth-order valence-corrected chi connectivity index (χ4v) is 1.50. The van der Waals surface area contributed by atoms with Gasteiger partial charge in [-0.3, -0.25) is 4.79 Å². The number of aromatic nitrogens is 1. The molecule has 17 heavy (non-hydrogen) atoms. The van der Waals surface area contributed by atoms with Gasteiger partial charge in [0.25, 0.3) is 5.91 Å². The summed E-state index contributed by atoms with van der Waals surface area (Å²) in [4.78, 5) is 17.5. The number of carbonyl (C=O) groups is 1. The minimum atomic E-state index is -0.503. The van der Waals surface area contributed by atoms with Gasteiger partial charge in [0, 0.05) is 20.6 Å². The Balaban J connectivity index is 2.90. The highest BCUT2D eigenvalue weighted by Crippen LogP contribution is 2.15. The van der Waals surface area contributed by atoms with Gasteiger partial charge in [-0.25, -0.2) is 9.37 Å². The summed E-state index contributed by atoms with van der Waals surface area (Å²) in [5.41, 5.74) is 0.270. The van der Waals surface area contributed by atoms with E-state index in [2.05, 4.69) is 17.2 Å². The molecule has 94 valence electrons. The Morgan fingerprint density at radius 1 is 1.59 bits per heavy atom. The molecule has 0 radical (unpaired) electrons. The van der Waals surface area contributed by atoms with Gasteiger partial charge < -0.3 is 10.2 Å². The minimum absolute atomic E-state index is 0.213. The number of pyridine rings is 1. The quantitative estimate of drug-likeness (QED) is 0.856. The smallest absolute Gasteiger partial charge is 0.257 e. The first-order valence-electron chi connectivity index (χ1n) is 5.69. The van der Waals surface area contributed by atoms with Crippen LogP contribution < -0.4 is 5.32 Å². The lowest BCUT2D eigenvalue weighted by Crippen LogP contribution is -2.28. The third-order valence-corrected chi connectivity index (χ3v) is 2.52. The SMILES string of the molecule is CCCCN(C)C(=O)c1cc(F)cnc1NC. The molecule has 0 saturated heterocycles. The van der Waals surface area contributed by atoms with Gasteiger partial charge in [-0.1, -0.05) is 13.3 Å². The summed E-state index contributed by atoms with van der Waals surface area (Å²) in [6.07, 6.45) is 3.03. The maximum absolute atomic E-state index is 13.1. The molecule has 0 spiro atoms. The zero-order chi connectivity index (χ0) is 12.8. The van der Waals surface area contributed by atoms with E-state index < -0.39 is 5.82 Å². The fraction of sp³-hybridized carbons (Fsp3) is 0.500. The number of carbonyl (C=O) groups excluding carboxylic acids is 1. The molecular formula is C12H18FN3O. The van der Waals surface area contributed by atoms with Crippen molar-refractivity contribution in [2.45, 2.75) is 19.8 Å². The molecule has 1 amide bonds. The van der Waals surface area contributed by atoms with Crippen LogP contribution in [0.15, 0.2) is 12.3 Å². The molecule has 0 unspecified atom stereocenters. The number of hydrogen-bond donors (Lipinski definition) is 1. The highest BCUT2D eigenvalue weighted by atomic mass is 19.1. The zero-order valence-corrected chi connectivity index (χ0v) is 10.5. The maximum Gasteiger partial charge on any atom is 0.257 e. The predicted molar refractivity (Wildman–Crippen MR) is 65.6 cm³/mol. The first-order chi connectivity index (χ1) is 8.10. The van der Waals surface area contributed by atoms with Crippen LogP contribution in [0.1, 0.15) is 30.1 Å². The number of hydrogen-bond acceptors (Lipinski definition) is 3. The van der Waals surface area contributed by atoms with Crippen LogP contribution in [-0.4, -0.2) is 36.4 Å².